The van der Waals surface area contributed by atoms with Gasteiger partial charge in [-0.3, -0.25) is 23.9 Å². The number of anilines is 2. The van der Waals surface area contributed by atoms with Crippen LogP contribution in [0, 0.1) is 0 Å². The van der Waals surface area contributed by atoms with Crippen molar-refractivity contribution >= 4 is 34.7 Å². The summed E-state index contributed by atoms with van der Waals surface area (Å²) in [5.74, 6) is -0.727. The minimum absolute atomic E-state index is 0.0460. The Balaban J connectivity index is 1.88. The van der Waals surface area contributed by atoms with E-state index in [0.29, 0.717) is 18.5 Å². The summed E-state index contributed by atoms with van der Waals surface area (Å²) in [4.78, 5) is 54.0. The number of amides is 2. The molecule has 2 amide bonds. The number of carbonyl (C=O) groups is 2. The van der Waals surface area contributed by atoms with Crippen LogP contribution in [-0.2, 0) is 17.9 Å². The van der Waals surface area contributed by atoms with Crippen molar-refractivity contribution in [3.63, 3.8) is 0 Å². The van der Waals surface area contributed by atoms with E-state index in [0.717, 1.165) is 12.0 Å². The van der Waals surface area contributed by atoms with Crippen LogP contribution in [0.15, 0.2) is 56.7 Å². The zero-order chi connectivity index (χ0) is 23.8. The number of nitrogen functional groups attached to an aromatic ring is 1. The third kappa shape index (κ3) is 5.98. The van der Waals surface area contributed by atoms with Crippen LogP contribution in [0.3, 0.4) is 0 Å². The lowest BCUT2D eigenvalue weighted by Gasteiger charge is -2.25. The maximum atomic E-state index is 13.2. The molecule has 2 heterocycles. The number of H-pyrrole nitrogens is 1. The Kier molecular flexibility index (Phi) is 8.20. The summed E-state index contributed by atoms with van der Waals surface area (Å²) >= 11 is 1.41. The molecular weight excluding hydrogens is 442 g/mol. The van der Waals surface area contributed by atoms with Gasteiger partial charge in [0.05, 0.1) is 6.54 Å². The average molecular weight is 470 g/mol. The minimum Gasteiger partial charge on any atom is -0.383 e. The van der Waals surface area contributed by atoms with Gasteiger partial charge >= 0.3 is 5.69 Å². The number of benzene rings is 1. The van der Waals surface area contributed by atoms with Gasteiger partial charge in [-0.05, 0) is 23.4 Å². The molecule has 1 aromatic carbocycles. The van der Waals surface area contributed by atoms with Gasteiger partial charge in [0.25, 0.3) is 11.5 Å². The molecule has 0 fully saturated rings. The number of unbranched alkanes of at least 4 members (excludes halogenated alkanes) is 1. The van der Waals surface area contributed by atoms with Crippen molar-refractivity contribution in [2.75, 3.05) is 17.2 Å². The number of hydrogen-bond donors (Lipinski definition) is 3. The summed E-state index contributed by atoms with van der Waals surface area (Å²) in [5.41, 5.74) is 6.16. The molecule has 9 nitrogen and oxygen atoms in total. The van der Waals surface area contributed by atoms with Crippen LogP contribution in [-0.4, -0.2) is 27.9 Å². The quantitative estimate of drug-likeness (QED) is 0.420. The van der Waals surface area contributed by atoms with Gasteiger partial charge < -0.3 is 16.0 Å². The largest absolute Gasteiger partial charge is 0.383 e. The zero-order valence-corrected chi connectivity index (χ0v) is 19.2. The van der Waals surface area contributed by atoms with Crippen LogP contribution in [0.5, 0.6) is 0 Å². The molecule has 10 heteroatoms. The number of carbonyl (C=O) groups excluding carboxylic acids is 2. The average Bonchev–Trinajstić information content (AvgIpc) is 3.34. The summed E-state index contributed by atoms with van der Waals surface area (Å²) in [5, 5.41) is 6.23. The fourth-order valence-electron chi connectivity index (χ4n) is 3.35. The maximum Gasteiger partial charge on any atom is 0.330 e. The van der Waals surface area contributed by atoms with E-state index in [1.54, 1.807) is 16.8 Å². The third-order valence-electron chi connectivity index (χ3n) is 5.11. The van der Waals surface area contributed by atoms with Crippen LogP contribution in [0.25, 0.3) is 0 Å². The van der Waals surface area contributed by atoms with Crippen molar-refractivity contribution in [3.8, 4) is 0 Å². The van der Waals surface area contributed by atoms with Crippen LogP contribution < -0.4 is 27.2 Å². The highest BCUT2D eigenvalue weighted by molar-refractivity contribution is 7.08. The minimum atomic E-state index is -0.725. The molecule has 3 rings (SSSR count). The monoisotopic (exact) mass is 469 g/mol. The van der Waals surface area contributed by atoms with Crippen LogP contribution in [0.4, 0.5) is 11.5 Å². The summed E-state index contributed by atoms with van der Waals surface area (Å²) in [6, 6.07) is 10.9. The Hall–Kier alpha value is -3.66. The van der Waals surface area contributed by atoms with Crippen LogP contribution in [0.1, 0.15) is 42.1 Å². The molecule has 3 aromatic rings. The highest BCUT2D eigenvalue weighted by Gasteiger charge is 2.24. The summed E-state index contributed by atoms with van der Waals surface area (Å²) in [6.07, 6.45) is 1.48. The van der Waals surface area contributed by atoms with E-state index in [2.05, 4.69) is 10.3 Å². The Labute approximate surface area is 194 Å². The van der Waals surface area contributed by atoms with E-state index in [-0.39, 0.29) is 36.9 Å². The predicted molar refractivity (Wildman–Crippen MR) is 130 cm³/mol. The first-order valence-electron chi connectivity index (χ1n) is 10.7. The number of aromatic amines is 1. The molecule has 4 N–H and O–H groups in total. The lowest BCUT2D eigenvalue weighted by molar-refractivity contribution is -0.118. The van der Waals surface area contributed by atoms with Crippen LogP contribution >= 0.6 is 11.3 Å². The van der Waals surface area contributed by atoms with Gasteiger partial charge in [-0.1, -0.05) is 43.7 Å². The van der Waals surface area contributed by atoms with Gasteiger partial charge in [0.1, 0.15) is 5.82 Å². The second kappa shape index (κ2) is 11.3. The van der Waals surface area contributed by atoms with Crippen molar-refractivity contribution in [1.82, 2.24) is 14.9 Å². The molecular formula is C23H27N5O4S. The van der Waals surface area contributed by atoms with Gasteiger partial charge in [-0.2, -0.15) is 11.3 Å². The molecule has 2 aromatic heterocycles. The summed E-state index contributed by atoms with van der Waals surface area (Å²) < 4.78 is 1.28. The first-order chi connectivity index (χ1) is 15.9. The summed E-state index contributed by atoms with van der Waals surface area (Å²) in [6.45, 7) is 2.49. The molecule has 0 spiro atoms. The van der Waals surface area contributed by atoms with Crippen molar-refractivity contribution in [1.29, 1.82) is 0 Å². The predicted octanol–water partition coefficient (Wildman–Crippen LogP) is 2.33. The SMILES string of the molecule is CCCCn1c(N)c(N(Cc2ccccc2)C(=O)CCNC(=O)c2ccsc2)c(=O)[nH]c1=O. The molecule has 0 saturated heterocycles. The molecule has 0 bridgehead atoms. The van der Waals surface area contributed by atoms with Gasteiger partial charge in [-0.25, -0.2) is 4.79 Å². The number of nitrogens with one attached hydrogen (secondary N) is 2. The Bertz CT molecular complexity index is 1200. The molecule has 33 heavy (non-hydrogen) atoms. The molecule has 0 aliphatic heterocycles. The Morgan fingerprint density at radius 1 is 1.18 bits per heavy atom. The van der Waals surface area contributed by atoms with Crippen molar-refractivity contribution in [2.24, 2.45) is 0 Å². The molecule has 174 valence electrons. The number of aromatic nitrogens is 2. The molecule has 0 saturated carbocycles. The van der Waals surface area contributed by atoms with Gasteiger partial charge in [0.15, 0.2) is 5.69 Å². The topological polar surface area (TPSA) is 130 Å². The fourth-order valence-corrected chi connectivity index (χ4v) is 3.98. The van der Waals surface area contributed by atoms with Crippen molar-refractivity contribution in [3.05, 3.63) is 79.1 Å². The number of nitrogens with zero attached hydrogens (tertiary/aromatic N) is 2. The standard InChI is InChI=1S/C23H27N5O4S/c1-2-3-12-27-20(24)19(22(31)26-23(27)32)28(14-16-7-5-4-6-8-16)18(29)9-11-25-21(30)17-10-13-33-15-17/h4-8,10,13,15H,2-3,9,11-12,14,24H2,1H3,(H,25,30)(H,26,31,32). The zero-order valence-electron chi connectivity index (χ0n) is 18.4. The van der Waals surface area contributed by atoms with Crippen molar-refractivity contribution < 1.29 is 9.59 Å². The Morgan fingerprint density at radius 2 is 1.94 bits per heavy atom. The first-order valence-corrected chi connectivity index (χ1v) is 11.6. The Morgan fingerprint density at radius 3 is 2.61 bits per heavy atom. The van der Waals surface area contributed by atoms with Crippen LogP contribution in [0.2, 0.25) is 0 Å². The van der Waals surface area contributed by atoms with Crippen molar-refractivity contribution in [2.45, 2.75) is 39.3 Å². The third-order valence-corrected chi connectivity index (χ3v) is 5.79. The highest BCUT2D eigenvalue weighted by Crippen LogP contribution is 2.21. The molecule has 0 aliphatic carbocycles. The van der Waals surface area contributed by atoms with E-state index in [1.807, 2.05) is 37.3 Å². The smallest absolute Gasteiger partial charge is 0.330 e. The normalized spacial score (nSPS) is 10.7. The highest BCUT2D eigenvalue weighted by atomic mass is 32.1. The van der Waals surface area contributed by atoms with E-state index >= 15 is 0 Å². The number of rotatable bonds is 10. The fraction of sp³-hybridized carbons (Fsp3) is 0.304. The second-order valence-corrected chi connectivity index (χ2v) is 8.26. The van der Waals surface area contributed by atoms with Gasteiger partial charge in [0, 0.05) is 30.5 Å². The first kappa shape index (κ1) is 24.0. The lowest BCUT2D eigenvalue weighted by Crippen LogP contribution is -2.41. The van der Waals surface area contributed by atoms with E-state index in [1.165, 1.54) is 20.8 Å². The molecule has 0 aliphatic rings. The lowest BCUT2D eigenvalue weighted by atomic mass is 10.2. The van der Waals surface area contributed by atoms with Gasteiger partial charge in [-0.15, -0.1) is 0 Å². The van der Waals surface area contributed by atoms with E-state index in [9.17, 15) is 19.2 Å². The number of nitrogens with two attached hydrogens (primary N) is 1. The molecule has 0 radical (unpaired) electrons. The summed E-state index contributed by atoms with van der Waals surface area (Å²) in [7, 11) is 0. The maximum absolute atomic E-state index is 13.2. The number of thiophene rings is 1. The molecule has 0 unspecified atom stereocenters. The van der Waals surface area contributed by atoms with Gasteiger partial charge in [0.2, 0.25) is 5.91 Å². The second-order valence-electron chi connectivity index (χ2n) is 7.48. The number of hydrogen-bond acceptors (Lipinski definition) is 6. The molecule has 0 atom stereocenters. The van der Waals surface area contributed by atoms with E-state index < -0.39 is 17.2 Å². The van der Waals surface area contributed by atoms with E-state index in [4.69, 9.17) is 5.73 Å².